The SMILES string of the molecule is CCCCCCCCC(=O)NCc1ccc([C@@H]2O[C@H](CO)[C@@H](O[C@@H]3O[C@H](CO)[C@@H](O)[C@H](O)[C@H]3O)[C@H](O)[C@H]2O)c(OC)c1. The van der Waals surface area contributed by atoms with Gasteiger partial charge in [0.15, 0.2) is 6.29 Å². The largest absolute Gasteiger partial charge is 0.496 e. The normalized spacial score (nSPS) is 33.4. The van der Waals surface area contributed by atoms with Crippen molar-refractivity contribution in [1.82, 2.24) is 5.32 Å². The number of methoxy groups -OCH3 is 1. The molecule has 1 amide bonds. The van der Waals surface area contributed by atoms with Crippen molar-refractivity contribution in [2.75, 3.05) is 20.3 Å². The number of unbranched alkanes of at least 4 members (excludes halogenated alkanes) is 5. The first-order chi connectivity index (χ1) is 20.2. The first-order valence-corrected chi connectivity index (χ1v) is 14.7. The van der Waals surface area contributed by atoms with E-state index in [4.69, 9.17) is 18.9 Å². The van der Waals surface area contributed by atoms with Crippen LogP contribution in [0.2, 0.25) is 0 Å². The highest BCUT2D eigenvalue weighted by Gasteiger charge is 2.51. The van der Waals surface area contributed by atoms with Crippen LogP contribution in [-0.2, 0) is 25.5 Å². The first kappa shape index (κ1) is 34.6. The van der Waals surface area contributed by atoms with E-state index in [2.05, 4.69) is 12.2 Å². The minimum atomic E-state index is -1.75. The number of hydrogen-bond donors (Lipinski definition) is 8. The fourth-order valence-electron chi connectivity index (χ4n) is 5.30. The first-order valence-electron chi connectivity index (χ1n) is 14.7. The van der Waals surface area contributed by atoms with Crippen LogP contribution in [0.5, 0.6) is 5.75 Å². The van der Waals surface area contributed by atoms with Gasteiger partial charge in [-0.3, -0.25) is 4.79 Å². The Bertz CT molecular complexity index is 963. The summed E-state index contributed by atoms with van der Waals surface area (Å²) in [5.74, 6) is 0.290. The maximum atomic E-state index is 12.3. The highest BCUT2D eigenvalue weighted by Crippen LogP contribution is 2.39. The van der Waals surface area contributed by atoms with E-state index in [9.17, 15) is 40.5 Å². The third kappa shape index (κ3) is 8.59. The molecule has 2 aliphatic rings. The Morgan fingerprint density at radius 3 is 2.21 bits per heavy atom. The molecular formula is C29H47NO12. The summed E-state index contributed by atoms with van der Waals surface area (Å²) in [5.41, 5.74) is 1.14. The molecule has 240 valence electrons. The fraction of sp³-hybridized carbons (Fsp3) is 0.759. The van der Waals surface area contributed by atoms with Crippen molar-refractivity contribution in [3.05, 3.63) is 29.3 Å². The van der Waals surface area contributed by atoms with E-state index < -0.39 is 74.4 Å². The van der Waals surface area contributed by atoms with Gasteiger partial charge >= 0.3 is 0 Å². The van der Waals surface area contributed by atoms with Gasteiger partial charge in [-0.25, -0.2) is 0 Å². The van der Waals surface area contributed by atoms with Crippen molar-refractivity contribution < 1.29 is 59.5 Å². The molecule has 0 spiro atoms. The maximum Gasteiger partial charge on any atom is 0.220 e. The van der Waals surface area contributed by atoms with E-state index >= 15 is 0 Å². The average molecular weight is 602 g/mol. The summed E-state index contributed by atoms with van der Waals surface area (Å²) < 4.78 is 22.4. The molecule has 3 rings (SSSR count). The molecule has 1 aromatic rings. The van der Waals surface area contributed by atoms with E-state index in [1.165, 1.54) is 26.4 Å². The number of hydrogen-bond acceptors (Lipinski definition) is 12. The molecule has 10 atom stereocenters. The Morgan fingerprint density at radius 1 is 0.857 bits per heavy atom. The summed E-state index contributed by atoms with van der Waals surface area (Å²) in [6.07, 6.45) is -7.86. The summed E-state index contributed by atoms with van der Waals surface area (Å²) in [6.45, 7) is 1.11. The zero-order valence-corrected chi connectivity index (χ0v) is 24.2. The van der Waals surface area contributed by atoms with Crippen molar-refractivity contribution >= 4 is 5.91 Å². The van der Waals surface area contributed by atoms with Crippen LogP contribution in [0.4, 0.5) is 0 Å². The number of carbonyl (C=O) groups is 1. The topological polar surface area (TPSA) is 208 Å². The highest BCUT2D eigenvalue weighted by atomic mass is 16.7. The van der Waals surface area contributed by atoms with E-state index in [-0.39, 0.29) is 12.5 Å². The van der Waals surface area contributed by atoms with E-state index in [0.29, 0.717) is 17.7 Å². The predicted molar refractivity (Wildman–Crippen MR) is 148 cm³/mol. The average Bonchev–Trinajstić information content (AvgIpc) is 3.00. The van der Waals surface area contributed by atoms with Gasteiger partial charge < -0.3 is 60.0 Å². The molecule has 0 unspecified atom stereocenters. The number of rotatable bonds is 15. The maximum absolute atomic E-state index is 12.3. The van der Waals surface area contributed by atoms with Gasteiger partial charge in [0.05, 0.1) is 20.3 Å². The van der Waals surface area contributed by atoms with Gasteiger partial charge in [-0.05, 0) is 18.1 Å². The van der Waals surface area contributed by atoms with Crippen molar-refractivity contribution in [3.63, 3.8) is 0 Å². The van der Waals surface area contributed by atoms with E-state index in [0.717, 1.165) is 24.8 Å². The number of aliphatic hydroxyl groups excluding tert-OH is 7. The lowest BCUT2D eigenvalue weighted by Gasteiger charge is -2.46. The lowest BCUT2D eigenvalue weighted by Crippen LogP contribution is -2.63. The smallest absolute Gasteiger partial charge is 0.220 e. The third-order valence-electron chi connectivity index (χ3n) is 7.86. The van der Waals surface area contributed by atoms with Crippen LogP contribution in [0.15, 0.2) is 18.2 Å². The van der Waals surface area contributed by atoms with Gasteiger partial charge in [0.1, 0.15) is 60.7 Å². The molecule has 2 saturated heterocycles. The van der Waals surface area contributed by atoms with Crippen molar-refractivity contribution in [2.24, 2.45) is 0 Å². The molecule has 0 aromatic heterocycles. The number of nitrogens with one attached hydrogen (secondary N) is 1. The second kappa shape index (κ2) is 16.8. The summed E-state index contributed by atoms with van der Waals surface area (Å²) in [6, 6.07) is 5.06. The van der Waals surface area contributed by atoms with Crippen LogP contribution in [-0.4, -0.2) is 117 Å². The van der Waals surface area contributed by atoms with Crippen LogP contribution in [0.1, 0.15) is 69.1 Å². The summed E-state index contributed by atoms with van der Waals surface area (Å²) in [7, 11) is 1.43. The highest BCUT2D eigenvalue weighted by molar-refractivity contribution is 5.75. The minimum absolute atomic E-state index is 0.0427. The van der Waals surface area contributed by atoms with Crippen molar-refractivity contribution in [1.29, 1.82) is 0 Å². The number of ether oxygens (including phenoxy) is 4. The van der Waals surface area contributed by atoms with Gasteiger partial charge in [0.2, 0.25) is 5.91 Å². The van der Waals surface area contributed by atoms with Crippen LogP contribution in [0, 0.1) is 0 Å². The predicted octanol–water partition coefficient (Wildman–Crippen LogP) is -0.599. The fourth-order valence-corrected chi connectivity index (χ4v) is 5.30. The number of benzene rings is 1. The molecule has 0 radical (unpaired) electrons. The van der Waals surface area contributed by atoms with Crippen LogP contribution in [0.3, 0.4) is 0 Å². The third-order valence-corrected chi connectivity index (χ3v) is 7.86. The Morgan fingerprint density at radius 2 is 1.55 bits per heavy atom. The van der Waals surface area contributed by atoms with Crippen LogP contribution >= 0.6 is 0 Å². The van der Waals surface area contributed by atoms with Gasteiger partial charge in [0.25, 0.3) is 0 Å². The zero-order chi connectivity index (χ0) is 30.8. The minimum Gasteiger partial charge on any atom is -0.496 e. The molecule has 2 heterocycles. The molecule has 0 bridgehead atoms. The second-order valence-electron chi connectivity index (χ2n) is 10.9. The monoisotopic (exact) mass is 601 g/mol. The molecule has 13 heteroatoms. The molecule has 13 nitrogen and oxygen atoms in total. The van der Waals surface area contributed by atoms with Crippen molar-refractivity contribution in [3.8, 4) is 5.75 Å². The molecule has 2 aliphatic heterocycles. The van der Waals surface area contributed by atoms with E-state index in [1.807, 2.05) is 0 Å². The number of aliphatic hydroxyl groups is 7. The van der Waals surface area contributed by atoms with Gasteiger partial charge in [-0.1, -0.05) is 51.2 Å². The van der Waals surface area contributed by atoms with Gasteiger partial charge in [-0.2, -0.15) is 0 Å². The van der Waals surface area contributed by atoms with Crippen LogP contribution in [0.25, 0.3) is 0 Å². The molecule has 8 N–H and O–H groups in total. The lowest BCUT2D eigenvalue weighted by atomic mass is 9.90. The van der Waals surface area contributed by atoms with E-state index in [1.54, 1.807) is 18.2 Å². The Hall–Kier alpha value is -1.91. The molecule has 1 aromatic carbocycles. The Balaban J connectivity index is 1.63. The lowest BCUT2D eigenvalue weighted by molar-refractivity contribution is -0.342. The molecule has 0 aliphatic carbocycles. The molecule has 42 heavy (non-hydrogen) atoms. The zero-order valence-electron chi connectivity index (χ0n) is 24.2. The van der Waals surface area contributed by atoms with Gasteiger partial charge in [-0.15, -0.1) is 0 Å². The second-order valence-corrected chi connectivity index (χ2v) is 10.9. The molecular weight excluding hydrogens is 554 g/mol. The molecule has 0 saturated carbocycles. The number of amides is 1. The molecule has 2 fully saturated rings. The standard InChI is InChI=1S/C29H47NO12/c1-3-4-5-6-7-8-9-21(33)30-13-16-10-11-17(18(12-16)39-2)27-24(36)25(37)28(20(15-32)40-27)42-29-26(38)23(35)22(34)19(14-31)41-29/h10-12,19-20,22-29,31-32,34-38H,3-9,13-15H2,1-2H3,(H,30,33)/t19-,20-,22-,23+,24-,25-,26-,27+,28-,29+/m1/s1. The number of carbonyl (C=O) groups excluding carboxylic acids is 1. The Kier molecular flexibility index (Phi) is 13.8. The summed E-state index contributed by atoms with van der Waals surface area (Å²) in [4.78, 5) is 12.3. The summed E-state index contributed by atoms with van der Waals surface area (Å²) in [5, 5.41) is 74.7. The van der Waals surface area contributed by atoms with Crippen LogP contribution < -0.4 is 10.1 Å². The quantitative estimate of drug-likeness (QED) is 0.119. The van der Waals surface area contributed by atoms with Gasteiger partial charge in [0, 0.05) is 18.5 Å². The summed E-state index contributed by atoms with van der Waals surface area (Å²) >= 11 is 0. The van der Waals surface area contributed by atoms with Crippen molar-refractivity contribution in [2.45, 2.75) is 120 Å². The Labute approximate surface area is 246 Å².